The first-order valence-electron chi connectivity index (χ1n) is 6.63. The third-order valence-corrected chi connectivity index (χ3v) is 3.15. The number of carboxylic acid groups (broad SMARTS) is 1. The van der Waals surface area contributed by atoms with Crippen LogP contribution in [0.25, 0.3) is 0 Å². The van der Waals surface area contributed by atoms with Gasteiger partial charge in [0.25, 0.3) is 5.91 Å². The number of nitrogens with zero attached hydrogens (tertiary/aromatic N) is 1. The summed E-state index contributed by atoms with van der Waals surface area (Å²) in [7, 11) is 0. The lowest BCUT2D eigenvalue weighted by molar-refractivity contribution is -0.148. The van der Waals surface area contributed by atoms with Crippen LogP contribution in [0, 0.1) is 13.8 Å². The highest BCUT2D eigenvalue weighted by molar-refractivity contribution is 5.92. The van der Waals surface area contributed by atoms with Crippen molar-refractivity contribution in [2.45, 2.75) is 32.4 Å². The van der Waals surface area contributed by atoms with Crippen LogP contribution in [0.1, 0.15) is 28.6 Å². The highest BCUT2D eigenvalue weighted by Crippen LogP contribution is 2.14. The second kappa shape index (κ2) is 6.68. The number of aryl methyl sites for hydroxylation is 2. The monoisotopic (exact) mass is 298 g/mol. The Labute approximate surface area is 121 Å². The van der Waals surface area contributed by atoms with E-state index in [-0.39, 0.29) is 24.3 Å². The van der Waals surface area contributed by atoms with Gasteiger partial charge in [0.05, 0.1) is 18.3 Å². The van der Waals surface area contributed by atoms with Crippen molar-refractivity contribution < 1.29 is 28.6 Å². The molecule has 1 aromatic heterocycles. The van der Waals surface area contributed by atoms with Crippen molar-refractivity contribution in [3.63, 3.8) is 0 Å². The Morgan fingerprint density at radius 2 is 2.24 bits per heavy atom. The Bertz CT molecular complexity index is 527. The van der Waals surface area contributed by atoms with Gasteiger partial charge in [0.2, 0.25) is 5.76 Å². The zero-order valence-corrected chi connectivity index (χ0v) is 11.9. The first kappa shape index (κ1) is 15.5. The van der Waals surface area contributed by atoms with E-state index in [2.05, 4.69) is 10.3 Å². The predicted octanol–water partition coefficient (Wildman–Crippen LogP) is 0.280. The SMILES string of the molecule is Cc1nc(C)c(C(=O)N[C@@H]2CCOC[C@H]2OCC(=O)O)o1. The average molecular weight is 298 g/mol. The summed E-state index contributed by atoms with van der Waals surface area (Å²) in [5.74, 6) is -0.865. The van der Waals surface area contributed by atoms with Crippen molar-refractivity contribution in [1.29, 1.82) is 0 Å². The maximum absolute atomic E-state index is 12.2. The first-order chi connectivity index (χ1) is 9.97. The van der Waals surface area contributed by atoms with Crippen molar-refractivity contribution in [3.05, 3.63) is 17.3 Å². The molecule has 1 aliphatic heterocycles. The zero-order chi connectivity index (χ0) is 15.4. The standard InChI is InChI=1S/C13H18N2O6/c1-7-12(21-8(2)14-7)13(18)15-9-3-4-19-5-10(9)20-6-11(16)17/h9-10H,3-6H2,1-2H3,(H,15,18)(H,16,17)/t9-,10-/m1/s1. The Morgan fingerprint density at radius 1 is 1.48 bits per heavy atom. The van der Waals surface area contributed by atoms with E-state index in [1.165, 1.54) is 0 Å². The summed E-state index contributed by atoms with van der Waals surface area (Å²) in [5.41, 5.74) is 0.514. The number of ether oxygens (including phenoxy) is 2. The van der Waals surface area contributed by atoms with Crippen LogP contribution in [-0.2, 0) is 14.3 Å². The van der Waals surface area contributed by atoms with Gasteiger partial charge in [-0.05, 0) is 13.3 Å². The fraction of sp³-hybridized carbons (Fsp3) is 0.615. The van der Waals surface area contributed by atoms with Gasteiger partial charge >= 0.3 is 5.97 Å². The molecule has 21 heavy (non-hydrogen) atoms. The van der Waals surface area contributed by atoms with Crippen LogP contribution in [0.15, 0.2) is 4.42 Å². The van der Waals surface area contributed by atoms with Crippen LogP contribution in [0.3, 0.4) is 0 Å². The van der Waals surface area contributed by atoms with Gasteiger partial charge in [0.15, 0.2) is 5.89 Å². The lowest BCUT2D eigenvalue weighted by Gasteiger charge is -2.31. The minimum Gasteiger partial charge on any atom is -0.480 e. The maximum Gasteiger partial charge on any atom is 0.329 e. The summed E-state index contributed by atoms with van der Waals surface area (Å²) in [4.78, 5) is 26.8. The summed E-state index contributed by atoms with van der Waals surface area (Å²) in [5, 5.41) is 11.4. The van der Waals surface area contributed by atoms with E-state index in [1.807, 2.05) is 0 Å². The van der Waals surface area contributed by atoms with Crippen LogP contribution < -0.4 is 5.32 Å². The predicted molar refractivity (Wildman–Crippen MR) is 70.0 cm³/mol. The molecule has 2 heterocycles. The molecule has 8 nitrogen and oxygen atoms in total. The molecule has 0 radical (unpaired) electrons. The molecule has 1 saturated heterocycles. The van der Waals surface area contributed by atoms with Gasteiger partial charge in [-0.25, -0.2) is 9.78 Å². The molecule has 1 fully saturated rings. The van der Waals surface area contributed by atoms with Crippen molar-refractivity contribution in [3.8, 4) is 0 Å². The Kier molecular flexibility index (Phi) is 4.92. The van der Waals surface area contributed by atoms with Crippen LogP contribution in [0.4, 0.5) is 0 Å². The molecule has 0 unspecified atom stereocenters. The van der Waals surface area contributed by atoms with E-state index in [9.17, 15) is 9.59 Å². The normalized spacial score (nSPS) is 22.0. The molecule has 116 valence electrons. The number of carbonyl (C=O) groups is 2. The second-order valence-electron chi connectivity index (χ2n) is 4.83. The zero-order valence-electron chi connectivity index (χ0n) is 11.9. The van der Waals surface area contributed by atoms with Crippen molar-refractivity contribution in [2.75, 3.05) is 19.8 Å². The van der Waals surface area contributed by atoms with Gasteiger partial charge in [-0.1, -0.05) is 0 Å². The second-order valence-corrected chi connectivity index (χ2v) is 4.83. The van der Waals surface area contributed by atoms with Gasteiger partial charge in [0, 0.05) is 13.5 Å². The number of nitrogens with one attached hydrogen (secondary N) is 1. The number of aromatic nitrogens is 1. The quantitative estimate of drug-likeness (QED) is 0.803. The van der Waals surface area contributed by atoms with E-state index in [0.717, 1.165) is 0 Å². The fourth-order valence-electron chi connectivity index (χ4n) is 2.20. The minimum absolute atomic E-state index is 0.163. The largest absolute Gasteiger partial charge is 0.480 e. The maximum atomic E-state index is 12.2. The topological polar surface area (TPSA) is 111 Å². The van der Waals surface area contributed by atoms with Gasteiger partial charge in [-0.2, -0.15) is 0 Å². The molecule has 0 aromatic carbocycles. The molecular weight excluding hydrogens is 280 g/mol. The summed E-state index contributed by atoms with van der Waals surface area (Å²) >= 11 is 0. The molecule has 2 atom stereocenters. The van der Waals surface area contributed by atoms with Crippen LogP contribution in [0.2, 0.25) is 0 Å². The molecule has 0 aliphatic carbocycles. The molecule has 8 heteroatoms. The highest BCUT2D eigenvalue weighted by Gasteiger charge is 2.30. The van der Waals surface area contributed by atoms with Gasteiger partial charge in [-0.15, -0.1) is 0 Å². The van der Waals surface area contributed by atoms with Crippen molar-refractivity contribution in [2.24, 2.45) is 0 Å². The fourth-order valence-corrected chi connectivity index (χ4v) is 2.20. The van der Waals surface area contributed by atoms with Crippen LogP contribution in [-0.4, -0.2) is 53.9 Å². The van der Waals surface area contributed by atoms with E-state index in [0.29, 0.717) is 24.6 Å². The molecular formula is C13H18N2O6. The Morgan fingerprint density at radius 3 is 2.86 bits per heavy atom. The van der Waals surface area contributed by atoms with Gasteiger partial charge in [0.1, 0.15) is 12.7 Å². The van der Waals surface area contributed by atoms with Crippen LogP contribution >= 0.6 is 0 Å². The summed E-state index contributed by atoms with van der Waals surface area (Å²) in [6.07, 6.45) is 0.0467. The van der Waals surface area contributed by atoms with E-state index in [4.69, 9.17) is 19.0 Å². The summed E-state index contributed by atoms with van der Waals surface area (Å²) < 4.78 is 15.8. The van der Waals surface area contributed by atoms with E-state index < -0.39 is 18.7 Å². The van der Waals surface area contributed by atoms with Crippen molar-refractivity contribution in [1.82, 2.24) is 10.3 Å². The molecule has 2 N–H and O–H groups in total. The Hall–Kier alpha value is -1.93. The van der Waals surface area contributed by atoms with Crippen LogP contribution in [0.5, 0.6) is 0 Å². The first-order valence-corrected chi connectivity index (χ1v) is 6.63. The third kappa shape index (κ3) is 4.02. The number of carbonyl (C=O) groups excluding carboxylic acids is 1. The highest BCUT2D eigenvalue weighted by atomic mass is 16.5. The number of amides is 1. The number of carboxylic acids is 1. The van der Waals surface area contributed by atoms with E-state index >= 15 is 0 Å². The third-order valence-electron chi connectivity index (χ3n) is 3.15. The molecule has 0 saturated carbocycles. The van der Waals surface area contributed by atoms with Gasteiger partial charge < -0.3 is 24.3 Å². The lowest BCUT2D eigenvalue weighted by Crippen LogP contribution is -2.50. The lowest BCUT2D eigenvalue weighted by atomic mass is 10.1. The molecule has 0 bridgehead atoms. The smallest absolute Gasteiger partial charge is 0.329 e. The Balaban J connectivity index is 1.99. The summed E-state index contributed by atoms with van der Waals surface area (Å²) in [6.45, 7) is 3.64. The molecule has 1 aliphatic rings. The summed E-state index contributed by atoms with van der Waals surface area (Å²) in [6, 6.07) is -0.324. The number of hydrogen-bond donors (Lipinski definition) is 2. The van der Waals surface area contributed by atoms with Crippen molar-refractivity contribution >= 4 is 11.9 Å². The number of rotatable bonds is 5. The van der Waals surface area contributed by atoms with Gasteiger partial charge in [-0.3, -0.25) is 4.79 Å². The molecule has 0 spiro atoms. The molecule has 1 aromatic rings. The number of hydrogen-bond acceptors (Lipinski definition) is 6. The minimum atomic E-state index is -1.06. The van der Waals surface area contributed by atoms with E-state index in [1.54, 1.807) is 13.8 Å². The molecule has 1 amide bonds. The number of oxazole rings is 1. The average Bonchev–Trinajstić information content (AvgIpc) is 2.76. The molecule has 2 rings (SSSR count). The number of aliphatic carboxylic acids is 1.